The monoisotopic (exact) mass is 390 g/mol. The number of H-pyrrole nitrogens is 2. The molecule has 1 saturated carbocycles. The van der Waals surface area contributed by atoms with Crippen LogP contribution in [0.4, 0.5) is 11.5 Å². The first kappa shape index (κ1) is 17.2. The Balaban J connectivity index is 1.66. The number of pyridine rings is 1. The molecule has 0 spiro atoms. The molecule has 4 aromatic heterocycles. The minimum absolute atomic E-state index is 0.238. The third-order valence-corrected chi connectivity index (χ3v) is 4.66. The van der Waals surface area contributed by atoms with Crippen LogP contribution in [0, 0.1) is 5.92 Å². The number of anilines is 2. The molecule has 4 heterocycles. The first-order valence-corrected chi connectivity index (χ1v) is 9.25. The second kappa shape index (κ2) is 6.89. The highest BCUT2D eigenvalue weighted by Gasteiger charge is 2.20. The van der Waals surface area contributed by atoms with Crippen LogP contribution in [0.25, 0.3) is 11.7 Å². The molecule has 0 saturated heterocycles. The van der Waals surface area contributed by atoms with E-state index >= 15 is 0 Å². The van der Waals surface area contributed by atoms with Gasteiger partial charge in [-0.15, -0.1) is 0 Å². The van der Waals surface area contributed by atoms with Crippen LogP contribution in [0.5, 0.6) is 5.88 Å². The Morgan fingerprint density at radius 3 is 2.97 bits per heavy atom. The van der Waals surface area contributed by atoms with E-state index in [9.17, 15) is 9.90 Å². The lowest BCUT2D eigenvalue weighted by atomic mass is 10.3. The van der Waals surface area contributed by atoms with Gasteiger partial charge < -0.3 is 15.4 Å². The number of imidazole rings is 1. The van der Waals surface area contributed by atoms with Crippen LogP contribution in [0.15, 0.2) is 46.6 Å². The van der Waals surface area contributed by atoms with Crippen LogP contribution in [-0.2, 0) is 0 Å². The van der Waals surface area contributed by atoms with Gasteiger partial charge in [-0.25, -0.2) is 9.78 Å². The van der Waals surface area contributed by atoms with Crippen molar-refractivity contribution in [2.45, 2.75) is 12.8 Å². The third-order valence-electron chi connectivity index (χ3n) is 4.66. The molecular weight excluding hydrogens is 372 g/mol. The molecule has 4 aromatic rings. The molecule has 0 aliphatic heterocycles. The molecule has 4 N–H and O–H groups in total. The van der Waals surface area contributed by atoms with Crippen molar-refractivity contribution in [3.8, 4) is 5.88 Å². The molecule has 5 rings (SSSR count). The summed E-state index contributed by atoms with van der Waals surface area (Å²) in [6, 6.07) is 5.57. The van der Waals surface area contributed by atoms with Crippen LogP contribution in [0.3, 0.4) is 0 Å². The van der Waals surface area contributed by atoms with Crippen LogP contribution < -0.4 is 21.7 Å². The van der Waals surface area contributed by atoms with E-state index < -0.39 is 5.69 Å². The maximum absolute atomic E-state index is 11.4. The minimum atomic E-state index is -0.489. The van der Waals surface area contributed by atoms with E-state index in [4.69, 9.17) is 4.99 Å². The molecule has 0 bridgehead atoms. The van der Waals surface area contributed by atoms with Gasteiger partial charge in [0.2, 0.25) is 5.88 Å². The molecule has 0 unspecified atom stereocenters. The van der Waals surface area contributed by atoms with Crippen LogP contribution in [-0.4, -0.2) is 41.2 Å². The van der Waals surface area contributed by atoms with Gasteiger partial charge in [0.1, 0.15) is 11.5 Å². The average Bonchev–Trinajstić information content (AvgIpc) is 3.38. The normalized spacial score (nSPS) is 15.3. The van der Waals surface area contributed by atoms with Gasteiger partial charge in [-0.3, -0.25) is 15.0 Å². The maximum atomic E-state index is 11.4. The molecule has 0 aromatic carbocycles. The van der Waals surface area contributed by atoms with Gasteiger partial charge in [-0.1, -0.05) is 0 Å². The van der Waals surface area contributed by atoms with Crippen LogP contribution in [0.2, 0.25) is 0 Å². The molecule has 10 nitrogen and oxygen atoms in total. The number of aromatic hydroxyl groups is 1. The second-order valence-corrected chi connectivity index (χ2v) is 6.97. The number of fused-ring (bicyclic) bond motifs is 1. The van der Waals surface area contributed by atoms with E-state index in [-0.39, 0.29) is 11.6 Å². The summed E-state index contributed by atoms with van der Waals surface area (Å²) in [4.78, 5) is 29.7. The number of aromatic nitrogens is 6. The Labute approximate surface area is 163 Å². The zero-order valence-electron chi connectivity index (χ0n) is 15.3. The summed E-state index contributed by atoms with van der Waals surface area (Å²) in [5.74, 6) is 0.996. The molecule has 146 valence electrons. The lowest BCUT2D eigenvalue weighted by Gasteiger charge is -2.05. The molecular formula is C19H18N8O2. The predicted molar refractivity (Wildman–Crippen MR) is 106 cm³/mol. The number of hydrogen-bond acceptors (Lipinski definition) is 7. The summed E-state index contributed by atoms with van der Waals surface area (Å²) in [6.45, 7) is 0.746. The largest absolute Gasteiger partial charge is 0.493 e. The summed E-state index contributed by atoms with van der Waals surface area (Å²) in [5.41, 5.74) is 1.80. The van der Waals surface area contributed by atoms with E-state index in [0.717, 1.165) is 12.2 Å². The van der Waals surface area contributed by atoms with Gasteiger partial charge in [0.15, 0.2) is 11.1 Å². The lowest BCUT2D eigenvalue weighted by Crippen LogP contribution is -2.20. The molecule has 29 heavy (non-hydrogen) atoms. The fraction of sp³-hybridized carbons (Fsp3) is 0.211. The van der Waals surface area contributed by atoms with Crippen molar-refractivity contribution in [2.24, 2.45) is 10.9 Å². The van der Waals surface area contributed by atoms with E-state index in [2.05, 4.69) is 30.4 Å². The van der Waals surface area contributed by atoms with Crippen molar-refractivity contribution in [1.82, 2.24) is 29.5 Å². The maximum Gasteiger partial charge on any atom is 0.326 e. The van der Waals surface area contributed by atoms with E-state index in [1.165, 1.54) is 12.8 Å². The standard InChI is InChI=1S/C19H18N8O2/c28-18-14(24-19(29)26-18)6-12-9-22-27-16(21-8-11-3-4-11)7-15(25-17(12)27)23-13-2-1-5-20-10-13/h1-2,5-7,9-11,23,28H,3-4,8H2,(H2,24,26,29). The molecule has 0 atom stereocenters. The van der Waals surface area contributed by atoms with Crippen molar-refractivity contribution in [3.05, 3.63) is 63.7 Å². The Morgan fingerprint density at radius 2 is 2.24 bits per heavy atom. The summed E-state index contributed by atoms with van der Waals surface area (Å²) < 4.78 is 1.66. The molecule has 1 fully saturated rings. The molecule has 1 aliphatic carbocycles. The van der Waals surface area contributed by atoms with E-state index in [1.54, 1.807) is 29.2 Å². The number of hydrogen-bond donors (Lipinski definition) is 4. The Hall–Kier alpha value is -3.95. The minimum Gasteiger partial charge on any atom is -0.493 e. The van der Waals surface area contributed by atoms with Crippen LogP contribution in [0.1, 0.15) is 18.5 Å². The smallest absolute Gasteiger partial charge is 0.326 e. The molecule has 0 radical (unpaired) electrons. The van der Waals surface area contributed by atoms with Gasteiger partial charge >= 0.3 is 5.69 Å². The van der Waals surface area contributed by atoms with Gasteiger partial charge in [-0.05, 0) is 37.0 Å². The van der Waals surface area contributed by atoms with Crippen molar-refractivity contribution < 1.29 is 5.11 Å². The van der Waals surface area contributed by atoms with Crippen LogP contribution >= 0.6 is 0 Å². The van der Waals surface area contributed by atoms with Gasteiger partial charge in [0.05, 0.1) is 18.1 Å². The van der Waals surface area contributed by atoms with Gasteiger partial charge in [0, 0.05) is 24.0 Å². The summed E-state index contributed by atoms with van der Waals surface area (Å²) in [6.07, 6.45) is 9.05. The van der Waals surface area contributed by atoms with Crippen molar-refractivity contribution in [2.75, 3.05) is 11.9 Å². The first-order chi connectivity index (χ1) is 14.2. The zero-order chi connectivity index (χ0) is 19.8. The quantitative estimate of drug-likeness (QED) is 0.391. The number of nitrogens with zero attached hydrogens (tertiary/aromatic N) is 5. The fourth-order valence-corrected chi connectivity index (χ4v) is 3.00. The topological polar surface area (TPSA) is 136 Å². The molecule has 10 heteroatoms. The SMILES string of the molecule is O=c1[nH]c(O)c(C=c2cnn3c(=NCC4CC4)cc(Nc4cccnc4)nc23)[nH]1. The summed E-state index contributed by atoms with van der Waals surface area (Å²) in [7, 11) is 0. The summed E-state index contributed by atoms with van der Waals surface area (Å²) in [5, 5.41) is 18.1. The molecule has 1 aliphatic rings. The van der Waals surface area contributed by atoms with E-state index in [0.29, 0.717) is 28.1 Å². The lowest BCUT2D eigenvalue weighted by molar-refractivity contribution is 0.454. The average molecular weight is 390 g/mol. The predicted octanol–water partition coefficient (Wildman–Crippen LogP) is 0.448. The highest BCUT2D eigenvalue weighted by atomic mass is 16.3. The van der Waals surface area contributed by atoms with E-state index in [1.807, 2.05) is 18.2 Å². The highest BCUT2D eigenvalue weighted by Crippen LogP contribution is 2.28. The zero-order valence-corrected chi connectivity index (χ0v) is 15.3. The van der Waals surface area contributed by atoms with Crippen molar-refractivity contribution in [3.63, 3.8) is 0 Å². The number of aromatic amines is 2. The number of nitrogens with one attached hydrogen (secondary N) is 3. The Bertz CT molecular complexity index is 1350. The first-order valence-electron chi connectivity index (χ1n) is 9.25. The Morgan fingerprint density at radius 1 is 1.34 bits per heavy atom. The Kier molecular flexibility index (Phi) is 4.08. The highest BCUT2D eigenvalue weighted by molar-refractivity contribution is 5.60. The van der Waals surface area contributed by atoms with Crippen molar-refractivity contribution >= 4 is 23.2 Å². The molecule has 0 amide bonds. The van der Waals surface area contributed by atoms with Crippen molar-refractivity contribution in [1.29, 1.82) is 0 Å². The second-order valence-electron chi connectivity index (χ2n) is 6.97. The number of rotatable bonds is 5. The fourth-order valence-electron chi connectivity index (χ4n) is 3.00. The van der Waals surface area contributed by atoms with Gasteiger partial charge in [0.25, 0.3) is 0 Å². The third kappa shape index (κ3) is 3.59. The van der Waals surface area contributed by atoms with Gasteiger partial charge in [-0.2, -0.15) is 9.61 Å². The summed E-state index contributed by atoms with van der Waals surface area (Å²) >= 11 is 0.